The van der Waals surface area contributed by atoms with Crippen LogP contribution in [0, 0.1) is 13.8 Å². The van der Waals surface area contributed by atoms with Crippen molar-refractivity contribution in [1.82, 2.24) is 5.43 Å². The fourth-order valence-electron chi connectivity index (χ4n) is 1.44. The highest BCUT2D eigenvalue weighted by Gasteiger charge is 2.02. The molecule has 0 saturated carbocycles. The zero-order valence-electron chi connectivity index (χ0n) is 9.59. The SMILES string of the molecule is CC(=O)NN=C(C)c1ccc(C)cc1C. The van der Waals surface area contributed by atoms with Crippen LogP contribution in [0.1, 0.15) is 30.5 Å². The third-order valence-electron chi connectivity index (χ3n) is 2.15. The number of benzene rings is 1. The van der Waals surface area contributed by atoms with Gasteiger partial charge in [0.2, 0.25) is 5.91 Å². The van der Waals surface area contributed by atoms with Crippen LogP contribution in [0.3, 0.4) is 0 Å². The van der Waals surface area contributed by atoms with Gasteiger partial charge in [0.15, 0.2) is 0 Å². The molecule has 1 N–H and O–H groups in total. The van der Waals surface area contributed by atoms with Crippen molar-refractivity contribution >= 4 is 11.6 Å². The maximum Gasteiger partial charge on any atom is 0.236 e. The van der Waals surface area contributed by atoms with Gasteiger partial charge in [-0.05, 0) is 26.3 Å². The van der Waals surface area contributed by atoms with Gasteiger partial charge in [-0.15, -0.1) is 0 Å². The van der Waals surface area contributed by atoms with Crippen LogP contribution < -0.4 is 5.43 Å². The molecule has 3 heteroatoms. The Kier molecular flexibility index (Phi) is 3.61. The van der Waals surface area contributed by atoms with Gasteiger partial charge in [-0.25, -0.2) is 5.43 Å². The van der Waals surface area contributed by atoms with E-state index in [1.807, 2.05) is 26.0 Å². The first-order chi connectivity index (χ1) is 7.00. The maximum absolute atomic E-state index is 10.7. The molecule has 0 bridgehead atoms. The van der Waals surface area contributed by atoms with Crippen molar-refractivity contribution in [3.05, 3.63) is 34.9 Å². The smallest absolute Gasteiger partial charge is 0.236 e. The summed E-state index contributed by atoms with van der Waals surface area (Å²) in [6, 6.07) is 6.16. The molecule has 1 aromatic carbocycles. The summed E-state index contributed by atoms with van der Waals surface area (Å²) in [5.41, 5.74) is 6.71. The van der Waals surface area contributed by atoms with E-state index >= 15 is 0 Å². The highest BCUT2D eigenvalue weighted by molar-refractivity contribution is 6.00. The Bertz CT molecular complexity index is 408. The number of hydrogen-bond donors (Lipinski definition) is 1. The molecule has 1 rings (SSSR count). The van der Waals surface area contributed by atoms with Crippen LogP contribution in [-0.2, 0) is 4.79 Å². The molecule has 0 radical (unpaired) electrons. The number of rotatable bonds is 2. The highest BCUT2D eigenvalue weighted by atomic mass is 16.2. The van der Waals surface area contributed by atoms with Crippen molar-refractivity contribution in [2.45, 2.75) is 27.7 Å². The van der Waals surface area contributed by atoms with E-state index in [0.29, 0.717) is 0 Å². The number of hydrazone groups is 1. The van der Waals surface area contributed by atoms with E-state index in [0.717, 1.165) is 11.3 Å². The molecule has 3 nitrogen and oxygen atoms in total. The first-order valence-electron chi connectivity index (χ1n) is 4.89. The molecular weight excluding hydrogens is 188 g/mol. The van der Waals surface area contributed by atoms with Crippen LogP contribution >= 0.6 is 0 Å². The van der Waals surface area contributed by atoms with Crippen LogP contribution in [0.5, 0.6) is 0 Å². The van der Waals surface area contributed by atoms with Gasteiger partial charge in [0.05, 0.1) is 5.71 Å². The van der Waals surface area contributed by atoms with Gasteiger partial charge in [-0.2, -0.15) is 5.10 Å². The Morgan fingerprint density at radius 2 is 1.93 bits per heavy atom. The third-order valence-corrected chi connectivity index (χ3v) is 2.15. The average molecular weight is 204 g/mol. The minimum Gasteiger partial charge on any atom is -0.274 e. The van der Waals surface area contributed by atoms with Gasteiger partial charge in [0, 0.05) is 12.5 Å². The van der Waals surface area contributed by atoms with Gasteiger partial charge in [0.25, 0.3) is 0 Å². The average Bonchev–Trinajstić information content (AvgIpc) is 2.14. The van der Waals surface area contributed by atoms with Crippen molar-refractivity contribution in [1.29, 1.82) is 0 Å². The second kappa shape index (κ2) is 4.73. The summed E-state index contributed by atoms with van der Waals surface area (Å²) in [6.07, 6.45) is 0. The summed E-state index contributed by atoms with van der Waals surface area (Å²) in [5, 5.41) is 4.00. The standard InChI is InChI=1S/C12H16N2O/c1-8-5-6-12(9(2)7-8)10(3)13-14-11(4)15/h5-7H,1-4H3,(H,14,15). The van der Waals surface area contributed by atoms with Gasteiger partial charge in [0.1, 0.15) is 0 Å². The summed E-state index contributed by atoms with van der Waals surface area (Å²) >= 11 is 0. The lowest BCUT2D eigenvalue weighted by Crippen LogP contribution is -2.15. The molecule has 80 valence electrons. The van der Waals surface area contributed by atoms with E-state index in [1.165, 1.54) is 18.1 Å². The first-order valence-corrected chi connectivity index (χ1v) is 4.89. The lowest BCUT2D eigenvalue weighted by Gasteiger charge is -2.06. The molecule has 0 aliphatic rings. The number of carbonyl (C=O) groups is 1. The minimum absolute atomic E-state index is 0.154. The van der Waals surface area contributed by atoms with Crippen molar-refractivity contribution in [2.24, 2.45) is 5.10 Å². The van der Waals surface area contributed by atoms with Gasteiger partial charge >= 0.3 is 0 Å². The molecule has 0 spiro atoms. The molecule has 1 aromatic rings. The number of carbonyl (C=O) groups excluding carboxylic acids is 1. The predicted octanol–water partition coefficient (Wildman–Crippen LogP) is 2.16. The zero-order chi connectivity index (χ0) is 11.4. The summed E-state index contributed by atoms with van der Waals surface area (Å²) in [4.78, 5) is 10.7. The lowest BCUT2D eigenvalue weighted by atomic mass is 10.0. The summed E-state index contributed by atoms with van der Waals surface area (Å²) in [6.45, 7) is 7.42. The number of amides is 1. The molecule has 0 aromatic heterocycles. The maximum atomic E-state index is 10.7. The molecule has 0 heterocycles. The van der Waals surface area contributed by atoms with Crippen LogP contribution in [-0.4, -0.2) is 11.6 Å². The van der Waals surface area contributed by atoms with E-state index in [2.05, 4.69) is 23.5 Å². The van der Waals surface area contributed by atoms with Gasteiger partial charge in [-0.3, -0.25) is 4.79 Å². The number of nitrogens with zero attached hydrogens (tertiary/aromatic N) is 1. The van der Waals surface area contributed by atoms with E-state index in [1.54, 1.807) is 0 Å². The summed E-state index contributed by atoms with van der Waals surface area (Å²) in [7, 11) is 0. The second-order valence-electron chi connectivity index (χ2n) is 3.68. The van der Waals surface area contributed by atoms with Crippen LogP contribution in [0.4, 0.5) is 0 Å². The van der Waals surface area contributed by atoms with Crippen molar-refractivity contribution in [3.63, 3.8) is 0 Å². The van der Waals surface area contributed by atoms with Crippen LogP contribution in [0.25, 0.3) is 0 Å². The Morgan fingerprint density at radius 1 is 1.27 bits per heavy atom. The van der Waals surface area contributed by atoms with Crippen molar-refractivity contribution in [2.75, 3.05) is 0 Å². The Labute approximate surface area is 90.2 Å². The molecule has 1 amide bonds. The fourth-order valence-corrected chi connectivity index (χ4v) is 1.44. The Morgan fingerprint density at radius 3 is 2.47 bits per heavy atom. The highest BCUT2D eigenvalue weighted by Crippen LogP contribution is 2.11. The minimum atomic E-state index is -0.154. The second-order valence-corrected chi connectivity index (χ2v) is 3.68. The zero-order valence-corrected chi connectivity index (χ0v) is 9.59. The van der Waals surface area contributed by atoms with Gasteiger partial charge in [-0.1, -0.05) is 23.8 Å². The van der Waals surface area contributed by atoms with E-state index in [4.69, 9.17) is 0 Å². The number of hydrogen-bond acceptors (Lipinski definition) is 2. The molecule has 0 atom stereocenters. The summed E-state index contributed by atoms with van der Waals surface area (Å²) < 4.78 is 0. The number of nitrogens with one attached hydrogen (secondary N) is 1. The fraction of sp³-hybridized carbons (Fsp3) is 0.333. The summed E-state index contributed by atoms with van der Waals surface area (Å²) in [5.74, 6) is -0.154. The molecule has 0 aliphatic heterocycles. The molecular formula is C12H16N2O. The normalized spacial score (nSPS) is 11.3. The van der Waals surface area contributed by atoms with Crippen molar-refractivity contribution < 1.29 is 4.79 Å². The number of aryl methyl sites for hydroxylation is 2. The Balaban J connectivity index is 2.95. The molecule has 0 fully saturated rings. The molecule has 0 aliphatic carbocycles. The molecule has 0 unspecified atom stereocenters. The van der Waals surface area contributed by atoms with Crippen molar-refractivity contribution in [3.8, 4) is 0 Å². The van der Waals surface area contributed by atoms with Crippen LogP contribution in [0.2, 0.25) is 0 Å². The predicted molar refractivity (Wildman–Crippen MR) is 61.9 cm³/mol. The molecule has 0 saturated heterocycles. The topological polar surface area (TPSA) is 41.5 Å². The molecule has 15 heavy (non-hydrogen) atoms. The van der Waals surface area contributed by atoms with Gasteiger partial charge < -0.3 is 0 Å². The van der Waals surface area contributed by atoms with E-state index < -0.39 is 0 Å². The lowest BCUT2D eigenvalue weighted by molar-refractivity contribution is -0.118. The Hall–Kier alpha value is -1.64. The third kappa shape index (κ3) is 3.20. The van der Waals surface area contributed by atoms with Crippen LogP contribution in [0.15, 0.2) is 23.3 Å². The monoisotopic (exact) mass is 204 g/mol. The quantitative estimate of drug-likeness (QED) is 0.582. The van der Waals surface area contributed by atoms with E-state index in [-0.39, 0.29) is 5.91 Å². The largest absolute Gasteiger partial charge is 0.274 e. The first kappa shape index (κ1) is 11.4. The van der Waals surface area contributed by atoms with E-state index in [9.17, 15) is 4.79 Å².